The van der Waals surface area contributed by atoms with Crippen LogP contribution in [0.5, 0.6) is 5.75 Å². The standard InChI is InChI=1S/C18H17N5O2/c24-18(13-25-15-7-2-1-3-8-15)21-17-10-9-16(22-23-17)20-12-14-6-4-5-11-19-14/h1-11H,12-13H2,(H,20,22)(H,21,23,24). The molecule has 0 aliphatic rings. The van der Waals surface area contributed by atoms with E-state index in [1.807, 2.05) is 36.4 Å². The van der Waals surface area contributed by atoms with Gasteiger partial charge in [0.15, 0.2) is 12.4 Å². The smallest absolute Gasteiger partial charge is 0.263 e. The molecule has 1 amide bonds. The van der Waals surface area contributed by atoms with Crippen LogP contribution < -0.4 is 15.4 Å². The van der Waals surface area contributed by atoms with E-state index in [0.29, 0.717) is 23.9 Å². The van der Waals surface area contributed by atoms with E-state index in [-0.39, 0.29) is 12.5 Å². The average Bonchev–Trinajstić information content (AvgIpc) is 2.67. The number of amides is 1. The second-order valence-electron chi connectivity index (χ2n) is 5.13. The quantitative estimate of drug-likeness (QED) is 0.689. The summed E-state index contributed by atoms with van der Waals surface area (Å²) in [5, 5.41) is 13.7. The fourth-order valence-electron chi connectivity index (χ4n) is 2.02. The zero-order valence-corrected chi connectivity index (χ0v) is 13.4. The third kappa shape index (κ3) is 5.28. The van der Waals surface area contributed by atoms with Crippen molar-refractivity contribution in [3.63, 3.8) is 0 Å². The van der Waals surface area contributed by atoms with E-state index in [1.54, 1.807) is 30.5 Å². The van der Waals surface area contributed by atoms with Gasteiger partial charge in [0, 0.05) is 6.20 Å². The Labute approximate surface area is 145 Å². The summed E-state index contributed by atoms with van der Waals surface area (Å²) >= 11 is 0. The highest BCUT2D eigenvalue weighted by Crippen LogP contribution is 2.09. The van der Waals surface area contributed by atoms with Gasteiger partial charge in [-0.15, -0.1) is 10.2 Å². The van der Waals surface area contributed by atoms with Gasteiger partial charge in [0.1, 0.15) is 11.6 Å². The van der Waals surface area contributed by atoms with Crippen molar-refractivity contribution in [2.75, 3.05) is 17.2 Å². The predicted molar refractivity (Wildman–Crippen MR) is 94.2 cm³/mol. The van der Waals surface area contributed by atoms with E-state index in [0.717, 1.165) is 5.69 Å². The number of benzene rings is 1. The molecule has 0 unspecified atom stereocenters. The van der Waals surface area contributed by atoms with Crippen LogP contribution in [0.2, 0.25) is 0 Å². The minimum Gasteiger partial charge on any atom is -0.484 e. The molecular formula is C18H17N5O2. The monoisotopic (exact) mass is 335 g/mol. The van der Waals surface area contributed by atoms with Gasteiger partial charge < -0.3 is 15.4 Å². The molecule has 7 heteroatoms. The molecule has 3 rings (SSSR count). The van der Waals surface area contributed by atoms with Gasteiger partial charge in [-0.1, -0.05) is 24.3 Å². The molecule has 2 heterocycles. The molecule has 3 aromatic rings. The zero-order valence-electron chi connectivity index (χ0n) is 13.4. The largest absolute Gasteiger partial charge is 0.484 e. The SMILES string of the molecule is O=C(COc1ccccc1)Nc1ccc(NCc2ccccn2)nn1. The summed E-state index contributed by atoms with van der Waals surface area (Å²) in [6.07, 6.45) is 1.73. The molecule has 0 aliphatic heterocycles. The maximum absolute atomic E-state index is 11.9. The van der Waals surface area contributed by atoms with Crippen LogP contribution in [0.15, 0.2) is 66.9 Å². The number of ether oxygens (including phenoxy) is 1. The molecule has 0 bridgehead atoms. The number of hydrogen-bond acceptors (Lipinski definition) is 6. The zero-order chi connectivity index (χ0) is 17.3. The Balaban J connectivity index is 1.46. The summed E-state index contributed by atoms with van der Waals surface area (Å²) in [4.78, 5) is 16.1. The number of nitrogens with one attached hydrogen (secondary N) is 2. The molecule has 0 aliphatic carbocycles. The first-order valence-electron chi connectivity index (χ1n) is 7.75. The Kier molecular flexibility index (Phi) is 5.50. The normalized spacial score (nSPS) is 10.1. The highest BCUT2D eigenvalue weighted by Gasteiger charge is 2.05. The first-order valence-corrected chi connectivity index (χ1v) is 7.75. The minimum atomic E-state index is -0.299. The van der Waals surface area contributed by atoms with Crippen molar-refractivity contribution in [1.29, 1.82) is 0 Å². The lowest BCUT2D eigenvalue weighted by Gasteiger charge is -2.07. The van der Waals surface area contributed by atoms with Crippen LogP contribution in [0.25, 0.3) is 0 Å². The fourth-order valence-corrected chi connectivity index (χ4v) is 2.02. The van der Waals surface area contributed by atoms with E-state index < -0.39 is 0 Å². The Morgan fingerprint density at radius 3 is 2.40 bits per heavy atom. The molecule has 1 aromatic carbocycles. The molecule has 0 saturated carbocycles. The van der Waals surface area contributed by atoms with Crippen molar-refractivity contribution >= 4 is 17.5 Å². The lowest BCUT2D eigenvalue weighted by Crippen LogP contribution is -2.21. The number of nitrogens with zero attached hydrogens (tertiary/aromatic N) is 3. The number of carbonyl (C=O) groups is 1. The molecule has 0 radical (unpaired) electrons. The molecular weight excluding hydrogens is 318 g/mol. The van der Waals surface area contributed by atoms with Crippen LogP contribution in [-0.4, -0.2) is 27.7 Å². The first-order chi connectivity index (χ1) is 12.3. The van der Waals surface area contributed by atoms with Gasteiger partial charge in [-0.3, -0.25) is 9.78 Å². The Morgan fingerprint density at radius 1 is 0.920 bits per heavy atom. The van der Waals surface area contributed by atoms with Gasteiger partial charge >= 0.3 is 0 Å². The highest BCUT2D eigenvalue weighted by atomic mass is 16.5. The van der Waals surface area contributed by atoms with Crippen LogP contribution in [0.4, 0.5) is 11.6 Å². The molecule has 0 atom stereocenters. The molecule has 25 heavy (non-hydrogen) atoms. The minimum absolute atomic E-state index is 0.0919. The van der Waals surface area contributed by atoms with Crippen molar-refractivity contribution < 1.29 is 9.53 Å². The van der Waals surface area contributed by atoms with E-state index in [9.17, 15) is 4.79 Å². The summed E-state index contributed by atoms with van der Waals surface area (Å²) in [5.41, 5.74) is 0.903. The van der Waals surface area contributed by atoms with E-state index in [1.165, 1.54) is 0 Å². The van der Waals surface area contributed by atoms with Gasteiger partial charge in [0.25, 0.3) is 5.91 Å². The topological polar surface area (TPSA) is 89.0 Å². The molecule has 0 saturated heterocycles. The lowest BCUT2D eigenvalue weighted by molar-refractivity contribution is -0.118. The lowest BCUT2D eigenvalue weighted by atomic mass is 10.3. The van der Waals surface area contributed by atoms with Crippen LogP contribution >= 0.6 is 0 Å². The molecule has 0 spiro atoms. The molecule has 0 fully saturated rings. The van der Waals surface area contributed by atoms with Crippen molar-refractivity contribution in [2.24, 2.45) is 0 Å². The maximum Gasteiger partial charge on any atom is 0.263 e. The number of para-hydroxylation sites is 1. The van der Waals surface area contributed by atoms with Crippen molar-refractivity contribution in [1.82, 2.24) is 15.2 Å². The van der Waals surface area contributed by atoms with Gasteiger partial charge in [-0.05, 0) is 36.4 Å². The van der Waals surface area contributed by atoms with Crippen molar-refractivity contribution in [3.05, 3.63) is 72.6 Å². The van der Waals surface area contributed by atoms with E-state index in [4.69, 9.17) is 4.74 Å². The average molecular weight is 335 g/mol. The number of rotatable bonds is 7. The van der Waals surface area contributed by atoms with E-state index in [2.05, 4.69) is 25.8 Å². The molecule has 2 N–H and O–H groups in total. The van der Waals surface area contributed by atoms with Crippen LogP contribution in [0.1, 0.15) is 5.69 Å². The van der Waals surface area contributed by atoms with Crippen molar-refractivity contribution in [3.8, 4) is 5.75 Å². The van der Waals surface area contributed by atoms with Crippen molar-refractivity contribution in [2.45, 2.75) is 6.54 Å². The summed E-state index contributed by atoms with van der Waals surface area (Å²) in [5.74, 6) is 1.30. The third-order valence-corrected chi connectivity index (χ3v) is 3.22. The Hall–Kier alpha value is -3.48. The molecule has 2 aromatic heterocycles. The summed E-state index contributed by atoms with van der Waals surface area (Å²) in [6, 6.07) is 18.3. The number of aromatic nitrogens is 3. The van der Waals surface area contributed by atoms with Crippen LogP contribution in [0.3, 0.4) is 0 Å². The second-order valence-corrected chi connectivity index (χ2v) is 5.13. The van der Waals surface area contributed by atoms with E-state index >= 15 is 0 Å². The number of hydrogen-bond donors (Lipinski definition) is 2. The molecule has 7 nitrogen and oxygen atoms in total. The van der Waals surface area contributed by atoms with Crippen LogP contribution in [-0.2, 0) is 11.3 Å². The van der Waals surface area contributed by atoms with Gasteiger partial charge in [0.05, 0.1) is 12.2 Å². The van der Waals surface area contributed by atoms with Gasteiger partial charge in [0.2, 0.25) is 0 Å². The second kappa shape index (κ2) is 8.39. The third-order valence-electron chi connectivity index (χ3n) is 3.22. The number of carbonyl (C=O) groups excluding carboxylic acids is 1. The van der Waals surface area contributed by atoms with Gasteiger partial charge in [-0.25, -0.2) is 0 Å². The predicted octanol–water partition coefficient (Wildman–Crippen LogP) is 2.50. The summed E-state index contributed by atoms with van der Waals surface area (Å²) in [6.45, 7) is 0.456. The van der Waals surface area contributed by atoms with Gasteiger partial charge in [-0.2, -0.15) is 0 Å². The summed E-state index contributed by atoms with van der Waals surface area (Å²) in [7, 11) is 0. The fraction of sp³-hybridized carbons (Fsp3) is 0.111. The Bertz CT molecular complexity index is 795. The number of pyridine rings is 1. The highest BCUT2D eigenvalue weighted by molar-refractivity contribution is 5.90. The summed E-state index contributed by atoms with van der Waals surface area (Å²) < 4.78 is 5.37. The van der Waals surface area contributed by atoms with Crippen LogP contribution in [0, 0.1) is 0 Å². The first kappa shape index (κ1) is 16.4. The molecule has 126 valence electrons. The Morgan fingerprint density at radius 2 is 1.68 bits per heavy atom. The maximum atomic E-state index is 11.9. The number of anilines is 2.